The van der Waals surface area contributed by atoms with Gasteiger partial charge >= 0.3 is 0 Å². The molecule has 0 nitrogen and oxygen atoms in total. The Morgan fingerprint density at radius 3 is 3.18 bits per heavy atom. The third-order valence-electron chi connectivity index (χ3n) is 2.34. The molecule has 0 saturated carbocycles. The molecule has 1 aliphatic rings. The molecule has 1 atom stereocenters. The highest BCUT2D eigenvalue weighted by atomic mass is 35.5. The molecule has 0 spiro atoms. The van der Waals surface area contributed by atoms with Crippen LogP contribution in [-0.2, 0) is 6.42 Å². The van der Waals surface area contributed by atoms with Gasteiger partial charge in [0.15, 0.2) is 0 Å². The molecule has 2 rings (SSSR count). The molecule has 0 aliphatic heterocycles. The van der Waals surface area contributed by atoms with Crippen LogP contribution in [0.15, 0.2) is 6.07 Å². The van der Waals surface area contributed by atoms with Crippen molar-refractivity contribution in [2.75, 3.05) is 0 Å². The van der Waals surface area contributed by atoms with E-state index < -0.39 is 0 Å². The van der Waals surface area contributed by atoms with E-state index in [1.165, 1.54) is 29.7 Å². The molecule has 1 heterocycles. The van der Waals surface area contributed by atoms with E-state index in [9.17, 15) is 0 Å². The molecule has 0 N–H and O–H groups in total. The van der Waals surface area contributed by atoms with Crippen molar-refractivity contribution in [1.82, 2.24) is 0 Å². The van der Waals surface area contributed by atoms with E-state index >= 15 is 0 Å². The van der Waals surface area contributed by atoms with Gasteiger partial charge in [0.05, 0.1) is 4.34 Å². The molecule has 0 amide bonds. The fourth-order valence-electron chi connectivity index (χ4n) is 1.75. The van der Waals surface area contributed by atoms with Crippen molar-refractivity contribution in [3.05, 3.63) is 20.8 Å². The lowest BCUT2D eigenvalue weighted by atomic mass is 9.91. The first-order chi connectivity index (χ1) is 5.27. The molecule has 0 aromatic carbocycles. The average molecular weight is 187 g/mol. The molecule has 1 aromatic heterocycles. The van der Waals surface area contributed by atoms with E-state index in [2.05, 4.69) is 13.0 Å². The lowest BCUT2D eigenvalue weighted by Crippen LogP contribution is -2.02. The highest BCUT2D eigenvalue weighted by Crippen LogP contribution is 2.38. The zero-order valence-electron chi connectivity index (χ0n) is 6.56. The number of rotatable bonds is 0. The highest BCUT2D eigenvalue weighted by molar-refractivity contribution is 7.16. The SMILES string of the molecule is CC1CCCc2cc(Cl)sc21. The third-order valence-corrected chi connectivity index (χ3v) is 3.88. The zero-order chi connectivity index (χ0) is 7.84. The van der Waals surface area contributed by atoms with Gasteiger partial charge in [-0.25, -0.2) is 0 Å². The van der Waals surface area contributed by atoms with E-state index in [4.69, 9.17) is 11.6 Å². The maximum Gasteiger partial charge on any atom is 0.0934 e. The number of hydrogen-bond donors (Lipinski definition) is 0. The first-order valence-corrected chi connectivity index (χ1v) is 5.25. The van der Waals surface area contributed by atoms with Crippen molar-refractivity contribution >= 4 is 22.9 Å². The standard InChI is InChI=1S/C9H11ClS/c1-6-3-2-4-7-5-8(10)11-9(6)7/h5-6H,2-4H2,1H3. The van der Waals surface area contributed by atoms with E-state index in [0.29, 0.717) is 0 Å². The van der Waals surface area contributed by atoms with E-state index in [1.54, 1.807) is 11.3 Å². The van der Waals surface area contributed by atoms with Crippen LogP contribution in [0.25, 0.3) is 0 Å². The Morgan fingerprint density at radius 1 is 1.64 bits per heavy atom. The smallest absolute Gasteiger partial charge is 0.0934 e. The molecule has 11 heavy (non-hydrogen) atoms. The number of aryl methyl sites for hydroxylation is 1. The maximum atomic E-state index is 5.93. The van der Waals surface area contributed by atoms with Crippen molar-refractivity contribution in [3.8, 4) is 0 Å². The van der Waals surface area contributed by atoms with Gasteiger partial charge in [0.25, 0.3) is 0 Å². The van der Waals surface area contributed by atoms with Gasteiger partial charge in [0.2, 0.25) is 0 Å². The molecule has 0 saturated heterocycles. The minimum Gasteiger partial charge on any atom is -0.128 e. The minimum absolute atomic E-state index is 0.747. The second-order valence-electron chi connectivity index (χ2n) is 3.23. The largest absolute Gasteiger partial charge is 0.128 e. The summed E-state index contributed by atoms with van der Waals surface area (Å²) in [6.45, 7) is 2.30. The van der Waals surface area contributed by atoms with Crippen molar-refractivity contribution in [3.63, 3.8) is 0 Å². The predicted octanol–water partition coefficient (Wildman–Crippen LogP) is 3.84. The average Bonchev–Trinajstić information content (AvgIpc) is 2.31. The van der Waals surface area contributed by atoms with Crippen molar-refractivity contribution in [2.45, 2.75) is 32.1 Å². The molecule has 2 heteroatoms. The van der Waals surface area contributed by atoms with E-state index in [-0.39, 0.29) is 0 Å². The minimum atomic E-state index is 0.747. The molecule has 0 fully saturated rings. The van der Waals surface area contributed by atoms with Gasteiger partial charge in [-0.1, -0.05) is 18.5 Å². The summed E-state index contributed by atoms with van der Waals surface area (Å²) >= 11 is 7.70. The number of fused-ring (bicyclic) bond motifs is 1. The van der Waals surface area contributed by atoms with Crippen LogP contribution < -0.4 is 0 Å². The van der Waals surface area contributed by atoms with Crippen LogP contribution >= 0.6 is 22.9 Å². The Kier molecular flexibility index (Phi) is 1.94. The van der Waals surface area contributed by atoms with Gasteiger partial charge in [0.1, 0.15) is 0 Å². The van der Waals surface area contributed by atoms with Crippen LogP contribution in [0.5, 0.6) is 0 Å². The highest BCUT2D eigenvalue weighted by Gasteiger charge is 2.18. The van der Waals surface area contributed by atoms with Gasteiger partial charge in [-0.3, -0.25) is 0 Å². The van der Waals surface area contributed by atoms with Gasteiger partial charge in [0, 0.05) is 4.88 Å². The lowest BCUT2D eigenvalue weighted by Gasteiger charge is -2.17. The molecule has 0 bridgehead atoms. The normalized spacial score (nSPS) is 23.3. The first-order valence-electron chi connectivity index (χ1n) is 4.05. The predicted molar refractivity (Wildman–Crippen MR) is 50.7 cm³/mol. The summed E-state index contributed by atoms with van der Waals surface area (Å²) < 4.78 is 0.962. The van der Waals surface area contributed by atoms with E-state index in [0.717, 1.165) is 10.3 Å². The summed E-state index contributed by atoms with van der Waals surface area (Å²) in [4.78, 5) is 1.53. The first kappa shape index (κ1) is 7.63. The fourth-order valence-corrected chi connectivity index (χ4v) is 3.15. The molecule has 1 unspecified atom stereocenters. The van der Waals surface area contributed by atoms with Crippen LogP contribution in [0.2, 0.25) is 4.34 Å². The molecule has 1 aromatic rings. The molecular formula is C9H11ClS. The third kappa shape index (κ3) is 1.32. The second-order valence-corrected chi connectivity index (χ2v) is 4.95. The Balaban J connectivity index is 2.43. The summed E-state index contributed by atoms with van der Waals surface area (Å²) in [6, 6.07) is 2.14. The summed E-state index contributed by atoms with van der Waals surface area (Å²) in [5.41, 5.74) is 1.50. The molecule has 1 aliphatic carbocycles. The summed E-state index contributed by atoms with van der Waals surface area (Å²) in [5, 5.41) is 0. The summed E-state index contributed by atoms with van der Waals surface area (Å²) in [5.74, 6) is 0.747. The van der Waals surface area contributed by atoms with Crippen molar-refractivity contribution < 1.29 is 0 Å². The van der Waals surface area contributed by atoms with Gasteiger partial charge < -0.3 is 0 Å². The zero-order valence-corrected chi connectivity index (χ0v) is 8.13. The molecule has 0 radical (unpaired) electrons. The van der Waals surface area contributed by atoms with Gasteiger partial charge in [-0.2, -0.15) is 0 Å². The molecular weight excluding hydrogens is 176 g/mol. The van der Waals surface area contributed by atoms with Gasteiger partial charge in [-0.05, 0) is 36.8 Å². The Morgan fingerprint density at radius 2 is 2.45 bits per heavy atom. The topological polar surface area (TPSA) is 0 Å². The lowest BCUT2D eigenvalue weighted by molar-refractivity contribution is 0.602. The summed E-state index contributed by atoms with van der Waals surface area (Å²) in [6.07, 6.45) is 3.91. The quantitative estimate of drug-likeness (QED) is 0.578. The molecule has 60 valence electrons. The van der Waals surface area contributed by atoms with Gasteiger partial charge in [-0.15, -0.1) is 11.3 Å². The number of thiophene rings is 1. The van der Waals surface area contributed by atoms with Crippen LogP contribution in [0.3, 0.4) is 0 Å². The van der Waals surface area contributed by atoms with Crippen LogP contribution in [0, 0.1) is 0 Å². The van der Waals surface area contributed by atoms with E-state index in [1.807, 2.05) is 0 Å². The fraction of sp³-hybridized carbons (Fsp3) is 0.556. The Bertz CT molecular complexity index is 265. The number of hydrogen-bond acceptors (Lipinski definition) is 1. The van der Waals surface area contributed by atoms with Crippen LogP contribution in [-0.4, -0.2) is 0 Å². The van der Waals surface area contributed by atoms with Crippen LogP contribution in [0.4, 0.5) is 0 Å². The van der Waals surface area contributed by atoms with Crippen LogP contribution in [0.1, 0.15) is 36.1 Å². The Labute approximate surface area is 76.2 Å². The second kappa shape index (κ2) is 2.80. The monoisotopic (exact) mass is 186 g/mol. The number of halogens is 1. The summed E-state index contributed by atoms with van der Waals surface area (Å²) in [7, 11) is 0. The van der Waals surface area contributed by atoms with Crippen molar-refractivity contribution in [1.29, 1.82) is 0 Å². The van der Waals surface area contributed by atoms with Crippen molar-refractivity contribution in [2.24, 2.45) is 0 Å². The maximum absolute atomic E-state index is 5.93. The Hall–Kier alpha value is -0.0100.